The molecule has 0 unspecified atom stereocenters. The number of nitrogens with zero attached hydrogens (tertiary/aromatic N) is 3. The first-order valence-corrected chi connectivity index (χ1v) is 15.6. The molecule has 2 aromatic carbocycles. The van der Waals surface area contributed by atoms with Crippen LogP contribution in [0, 0.1) is 5.92 Å². The Balaban J connectivity index is 1.49. The fourth-order valence-electron chi connectivity index (χ4n) is 5.96. The van der Waals surface area contributed by atoms with Crippen molar-refractivity contribution < 1.29 is 19.1 Å². The van der Waals surface area contributed by atoms with E-state index >= 15 is 0 Å². The summed E-state index contributed by atoms with van der Waals surface area (Å²) in [5.74, 6) is -0.803. The third-order valence-corrected chi connectivity index (χ3v) is 9.45. The van der Waals surface area contributed by atoms with E-state index in [1.807, 2.05) is 48.5 Å². The summed E-state index contributed by atoms with van der Waals surface area (Å²) in [6.45, 7) is 8.36. The molecular weight excluding hydrogens is 595 g/mol. The zero-order valence-electron chi connectivity index (χ0n) is 24.0. The van der Waals surface area contributed by atoms with Crippen molar-refractivity contribution >= 4 is 57.9 Å². The van der Waals surface area contributed by atoms with Gasteiger partial charge in [-0.2, -0.15) is 0 Å². The van der Waals surface area contributed by atoms with E-state index in [0.717, 1.165) is 28.4 Å². The maximum absolute atomic E-state index is 14.2. The lowest BCUT2D eigenvalue weighted by Crippen LogP contribution is -2.47. The fourth-order valence-corrected chi connectivity index (χ4v) is 7.58. The van der Waals surface area contributed by atoms with Crippen LogP contribution in [0.4, 0.5) is 0 Å². The third-order valence-electron chi connectivity index (χ3n) is 7.89. The Morgan fingerprint density at radius 2 is 1.74 bits per heavy atom. The van der Waals surface area contributed by atoms with Gasteiger partial charge in [0.25, 0.3) is 5.91 Å². The number of carbonyl (C=O) groups excluding carboxylic acids is 3. The van der Waals surface area contributed by atoms with Gasteiger partial charge in [0, 0.05) is 29.2 Å². The Labute approximate surface area is 260 Å². The molecule has 1 N–H and O–H groups in total. The Morgan fingerprint density at radius 3 is 2.36 bits per heavy atom. The predicted octanol–water partition coefficient (Wildman–Crippen LogP) is 5.91. The van der Waals surface area contributed by atoms with Gasteiger partial charge >= 0.3 is 5.97 Å². The first-order valence-electron chi connectivity index (χ1n) is 14.1. The molecule has 1 saturated heterocycles. The van der Waals surface area contributed by atoms with Crippen molar-refractivity contribution in [2.24, 2.45) is 10.9 Å². The molecule has 1 fully saturated rings. The van der Waals surface area contributed by atoms with Gasteiger partial charge in [-0.15, -0.1) is 0 Å². The zero-order valence-corrected chi connectivity index (χ0v) is 26.4. The molecule has 3 heterocycles. The van der Waals surface area contributed by atoms with E-state index in [-0.39, 0.29) is 36.9 Å². The van der Waals surface area contributed by atoms with Gasteiger partial charge in [0.1, 0.15) is 23.1 Å². The summed E-state index contributed by atoms with van der Waals surface area (Å²) in [4.78, 5) is 48.0. The van der Waals surface area contributed by atoms with Crippen LogP contribution in [0.15, 0.2) is 64.1 Å². The topological polar surface area (TPSA) is 91.3 Å². The van der Waals surface area contributed by atoms with E-state index in [4.69, 9.17) is 32.9 Å². The largest absolute Gasteiger partial charge is 0.464 e. The molecule has 42 heavy (non-hydrogen) atoms. The maximum Gasteiger partial charge on any atom is 0.302 e. The molecule has 2 aromatic rings. The van der Waals surface area contributed by atoms with Gasteiger partial charge in [0.2, 0.25) is 5.91 Å². The minimum atomic E-state index is -0.659. The van der Waals surface area contributed by atoms with E-state index in [1.54, 1.807) is 4.90 Å². The molecule has 0 radical (unpaired) electrons. The number of hydrogen-bond donors (Lipinski definition) is 1. The number of aliphatic imine (C=N–C) groups is 1. The van der Waals surface area contributed by atoms with Crippen LogP contribution in [0.2, 0.25) is 10.0 Å². The van der Waals surface area contributed by atoms with Gasteiger partial charge in [-0.3, -0.25) is 14.4 Å². The molecule has 3 aliphatic heterocycles. The number of amidine groups is 1. The lowest BCUT2D eigenvalue weighted by atomic mass is 9.81. The number of hydrogen-bond acceptors (Lipinski definition) is 7. The average molecular weight is 630 g/mol. The van der Waals surface area contributed by atoms with E-state index in [2.05, 4.69) is 31.0 Å². The molecule has 8 nitrogen and oxygen atoms in total. The van der Waals surface area contributed by atoms with E-state index < -0.39 is 17.6 Å². The average Bonchev–Trinajstić information content (AvgIpc) is 3.64. The molecule has 0 aliphatic carbocycles. The maximum atomic E-state index is 14.2. The molecule has 222 valence electrons. The Hall–Kier alpha value is -3.01. The van der Waals surface area contributed by atoms with Crippen molar-refractivity contribution in [3.63, 3.8) is 0 Å². The summed E-state index contributed by atoms with van der Waals surface area (Å²) < 4.78 is 4.92. The summed E-state index contributed by atoms with van der Waals surface area (Å²) in [7, 11) is 0. The number of fused-ring (bicyclic) bond motifs is 1. The number of nitrogens with one attached hydrogen (secondary N) is 1. The Morgan fingerprint density at radius 1 is 1.10 bits per heavy atom. The van der Waals surface area contributed by atoms with Crippen molar-refractivity contribution in [2.45, 2.75) is 58.2 Å². The minimum absolute atomic E-state index is 0.00475. The highest BCUT2D eigenvalue weighted by Crippen LogP contribution is 2.56. The van der Waals surface area contributed by atoms with Crippen molar-refractivity contribution in [3.8, 4) is 0 Å². The highest BCUT2D eigenvalue weighted by Gasteiger charge is 2.54. The number of carbonyl (C=O) groups is 3. The summed E-state index contributed by atoms with van der Waals surface area (Å²) in [6.07, 6.45) is 1.31. The normalized spacial score (nSPS) is 23.4. The number of ether oxygens (including phenoxy) is 1. The number of halogens is 2. The van der Waals surface area contributed by atoms with Gasteiger partial charge < -0.3 is 19.9 Å². The number of benzene rings is 2. The second-order valence-electron chi connectivity index (χ2n) is 11.1. The van der Waals surface area contributed by atoms with Crippen molar-refractivity contribution in [3.05, 3.63) is 80.3 Å². The van der Waals surface area contributed by atoms with Gasteiger partial charge in [0.15, 0.2) is 5.17 Å². The van der Waals surface area contributed by atoms with Gasteiger partial charge in [-0.05, 0) is 72.8 Å². The van der Waals surface area contributed by atoms with Crippen LogP contribution in [0.25, 0.3) is 0 Å². The van der Waals surface area contributed by atoms with E-state index in [9.17, 15) is 14.4 Å². The Bertz CT molecular complexity index is 1440. The Kier molecular flexibility index (Phi) is 8.92. The van der Waals surface area contributed by atoms with E-state index in [1.165, 1.54) is 18.7 Å². The van der Waals surface area contributed by atoms with Crippen LogP contribution >= 0.6 is 35.0 Å². The van der Waals surface area contributed by atoms with Gasteiger partial charge in [-0.1, -0.05) is 61.3 Å². The van der Waals surface area contributed by atoms with Crippen LogP contribution in [0.3, 0.4) is 0 Å². The minimum Gasteiger partial charge on any atom is -0.464 e. The van der Waals surface area contributed by atoms with Crippen molar-refractivity contribution in [1.82, 2.24) is 15.1 Å². The molecule has 0 spiro atoms. The number of esters is 1. The number of thioether (sulfide) groups is 1. The molecule has 3 atom stereocenters. The standard InChI is InChI=1S/C31H34Cl2N4O4S/c1-18(2)25-26(29(40)36-16-5-6-24(36)28(39)34-15-17-41-19(3)38)42-30-35-31(4,21-9-13-23(33)14-10-21)27(37(25)30)20-7-11-22(32)12-8-20/h7-14,18,24,27H,5-6,15-17H2,1-4H3,(H,34,39)/t24-,27+,31-/m0/s1. The van der Waals surface area contributed by atoms with Crippen LogP contribution in [-0.4, -0.2) is 58.5 Å². The highest BCUT2D eigenvalue weighted by atomic mass is 35.5. The summed E-state index contributed by atoms with van der Waals surface area (Å²) in [5, 5.41) is 4.85. The summed E-state index contributed by atoms with van der Waals surface area (Å²) in [5.41, 5.74) is 2.26. The molecule has 0 aromatic heterocycles. The number of amides is 2. The summed E-state index contributed by atoms with van der Waals surface area (Å²) in [6, 6.07) is 14.7. The second kappa shape index (κ2) is 12.3. The van der Waals surface area contributed by atoms with Crippen molar-refractivity contribution in [2.75, 3.05) is 19.7 Å². The molecule has 11 heteroatoms. The zero-order chi connectivity index (χ0) is 30.2. The highest BCUT2D eigenvalue weighted by molar-refractivity contribution is 8.18. The van der Waals surface area contributed by atoms with Gasteiger partial charge in [-0.25, -0.2) is 4.99 Å². The number of rotatable bonds is 8. The van der Waals surface area contributed by atoms with Crippen LogP contribution < -0.4 is 5.32 Å². The van der Waals surface area contributed by atoms with Gasteiger partial charge in [0.05, 0.1) is 12.6 Å². The first kappa shape index (κ1) is 30.4. The molecule has 2 amide bonds. The lowest BCUT2D eigenvalue weighted by molar-refractivity contribution is -0.141. The SMILES string of the molecule is CC(=O)OCCNC(=O)[C@@H]1CCCN1C(=O)C1=C(C(C)C)N2C(=N[C@@](C)(c3ccc(Cl)cc3)[C@H]2c2ccc(Cl)cc2)S1. The molecule has 0 saturated carbocycles. The fraction of sp³-hybridized carbons (Fsp3) is 0.419. The molecular formula is C31H34Cl2N4O4S. The number of likely N-dealkylation sites (tertiary alicyclic amines) is 1. The first-order chi connectivity index (χ1) is 20.0. The quantitative estimate of drug-likeness (QED) is 0.289. The van der Waals surface area contributed by atoms with Crippen molar-refractivity contribution in [1.29, 1.82) is 0 Å². The molecule has 3 aliphatic rings. The smallest absolute Gasteiger partial charge is 0.302 e. The van der Waals surface area contributed by atoms with Crippen LogP contribution in [-0.2, 0) is 24.7 Å². The van der Waals surface area contributed by atoms with Crippen LogP contribution in [0.5, 0.6) is 0 Å². The van der Waals surface area contributed by atoms with Crippen LogP contribution in [0.1, 0.15) is 57.7 Å². The summed E-state index contributed by atoms with van der Waals surface area (Å²) >= 11 is 13.9. The lowest BCUT2D eigenvalue weighted by Gasteiger charge is -2.37. The number of allylic oxidation sites excluding steroid dienone is 1. The molecule has 5 rings (SSSR count). The monoisotopic (exact) mass is 628 g/mol. The third kappa shape index (κ3) is 5.79. The predicted molar refractivity (Wildman–Crippen MR) is 166 cm³/mol. The van der Waals surface area contributed by atoms with E-state index in [0.29, 0.717) is 27.9 Å². The molecule has 0 bridgehead atoms. The second-order valence-corrected chi connectivity index (χ2v) is 13.0.